The third kappa shape index (κ3) is 3.78. The molecule has 4 rings (SSSR count). The number of hydrogen-bond donors (Lipinski definition) is 2. The number of aliphatic hydroxyl groups is 1. The van der Waals surface area contributed by atoms with Gasteiger partial charge in [-0.05, 0) is 23.3 Å². The summed E-state index contributed by atoms with van der Waals surface area (Å²) in [5.74, 6) is 0.381. The zero-order chi connectivity index (χ0) is 18.6. The predicted octanol–water partition coefficient (Wildman–Crippen LogP) is 3.31. The third-order valence-corrected chi connectivity index (χ3v) is 4.34. The average Bonchev–Trinajstić information content (AvgIpc) is 3.12. The number of aliphatic hydroxyl groups excluding tert-OH is 1. The summed E-state index contributed by atoms with van der Waals surface area (Å²) in [5.41, 5.74) is 2.40. The van der Waals surface area contributed by atoms with E-state index in [9.17, 15) is 9.50 Å². The van der Waals surface area contributed by atoms with Crippen LogP contribution < -0.4 is 5.32 Å². The summed E-state index contributed by atoms with van der Waals surface area (Å²) in [5, 5.41) is 18.8. The van der Waals surface area contributed by atoms with Gasteiger partial charge >= 0.3 is 0 Å². The van der Waals surface area contributed by atoms with Gasteiger partial charge in [-0.3, -0.25) is 0 Å². The van der Waals surface area contributed by atoms with E-state index in [1.165, 1.54) is 18.5 Å². The van der Waals surface area contributed by atoms with E-state index in [-0.39, 0.29) is 5.82 Å². The molecule has 0 saturated heterocycles. The lowest BCUT2D eigenvalue weighted by Crippen LogP contribution is -2.10. The molecule has 0 aliphatic heterocycles. The zero-order valence-electron chi connectivity index (χ0n) is 14.5. The average molecular weight is 363 g/mol. The second-order valence-corrected chi connectivity index (χ2v) is 6.19. The smallest absolute Gasteiger partial charge is 0.163 e. The fourth-order valence-electron chi connectivity index (χ4n) is 2.90. The highest BCUT2D eigenvalue weighted by molar-refractivity contribution is 5.86. The van der Waals surface area contributed by atoms with Gasteiger partial charge in [0.25, 0.3) is 0 Å². The third-order valence-electron chi connectivity index (χ3n) is 4.34. The van der Waals surface area contributed by atoms with E-state index < -0.39 is 6.10 Å². The minimum atomic E-state index is -0.681. The molecule has 2 N–H and O–H groups in total. The molecule has 6 nitrogen and oxygen atoms in total. The summed E-state index contributed by atoms with van der Waals surface area (Å²) in [6.45, 7) is 0.798. The fourth-order valence-corrected chi connectivity index (χ4v) is 2.90. The lowest BCUT2D eigenvalue weighted by molar-refractivity contribution is 0.153. The minimum absolute atomic E-state index is 0.263. The van der Waals surface area contributed by atoms with E-state index in [2.05, 4.69) is 20.4 Å². The van der Waals surface area contributed by atoms with Gasteiger partial charge < -0.3 is 10.4 Å². The summed E-state index contributed by atoms with van der Waals surface area (Å²) in [7, 11) is 0. The molecule has 2 aromatic heterocycles. The molecule has 7 heteroatoms. The van der Waals surface area contributed by atoms with Gasteiger partial charge in [-0.15, -0.1) is 0 Å². The summed E-state index contributed by atoms with van der Waals surface area (Å²) >= 11 is 0. The summed E-state index contributed by atoms with van der Waals surface area (Å²) in [6.07, 6.45) is 2.46. The molecular weight excluding hydrogens is 345 g/mol. The Kier molecular flexibility index (Phi) is 4.76. The quantitative estimate of drug-likeness (QED) is 0.550. The Balaban J connectivity index is 1.53. The molecule has 0 saturated carbocycles. The lowest BCUT2D eigenvalue weighted by Gasteiger charge is -2.11. The highest BCUT2D eigenvalue weighted by Crippen LogP contribution is 2.22. The van der Waals surface area contributed by atoms with Crippen molar-refractivity contribution < 1.29 is 9.50 Å². The van der Waals surface area contributed by atoms with Gasteiger partial charge in [0.2, 0.25) is 0 Å². The molecular formula is C20H18FN5O. The maximum Gasteiger partial charge on any atom is 0.163 e. The van der Waals surface area contributed by atoms with Crippen molar-refractivity contribution in [2.24, 2.45) is 0 Å². The van der Waals surface area contributed by atoms with Crippen molar-refractivity contribution in [2.75, 3.05) is 5.32 Å². The van der Waals surface area contributed by atoms with Crippen molar-refractivity contribution in [1.29, 1.82) is 0 Å². The fraction of sp³-hybridized carbons (Fsp3) is 0.150. The van der Waals surface area contributed by atoms with Crippen LogP contribution in [0.1, 0.15) is 17.2 Å². The van der Waals surface area contributed by atoms with Gasteiger partial charge in [0, 0.05) is 6.54 Å². The van der Waals surface area contributed by atoms with Crippen LogP contribution in [0.25, 0.3) is 11.0 Å². The second-order valence-electron chi connectivity index (χ2n) is 6.19. The number of fused-ring (bicyclic) bond motifs is 1. The standard InChI is InChI=1S/C20H18FN5O/c21-16-8-6-14(7-9-16)10-22-19-17-11-25-26(20(17)24-13-23-19)12-18(27)15-4-2-1-3-5-15/h1-9,11,13,18,27H,10,12H2,(H,22,23,24). The molecule has 136 valence electrons. The second kappa shape index (κ2) is 7.51. The van der Waals surface area contributed by atoms with Crippen LogP contribution in [0, 0.1) is 5.82 Å². The van der Waals surface area contributed by atoms with E-state index in [1.807, 2.05) is 30.3 Å². The molecule has 1 unspecified atom stereocenters. The van der Waals surface area contributed by atoms with Crippen LogP contribution in [0.3, 0.4) is 0 Å². The Morgan fingerprint density at radius 2 is 1.81 bits per heavy atom. The van der Waals surface area contributed by atoms with Crippen molar-refractivity contribution in [3.63, 3.8) is 0 Å². The van der Waals surface area contributed by atoms with Gasteiger partial charge in [0.15, 0.2) is 5.65 Å². The largest absolute Gasteiger partial charge is 0.386 e. The van der Waals surface area contributed by atoms with Gasteiger partial charge in [0.1, 0.15) is 18.0 Å². The van der Waals surface area contributed by atoms with E-state index in [0.717, 1.165) is 16.5 Å². The first-order valence-corrected chi connectivity index (χ1v) is 8.58. The SMILES string of the molecule is OC(Cn1ncc2c(NCc3ccc(F)cc3)ncnc21)c1ccccc1. The highest BCUT2D eigenvalue weighted by Gasteiger charge is 2.14. The van der Waals surface area contributed by atoms with E-state index in [0.29, 0.717) is 24.6 Å². The molecule has 4 aromatic rings. The molecule has 27 heavy (non-hydrogen) atoms. The number of aromatic nitrogens is 4. The Hall–Kier alpha value is -3.32. The molecule has 0 spiro atoms. The predicted molar refractivity (Wildman–Crippen MR) is 100 cm³/mol. The summed E-state index contributed by atoms with van der Waals surface area (Å²) in [6, 6.07) is 15.7. The number of nitrogens with one attached hydrogen (secondary N) is 1. The highest BCUT2D eigenvalue weighted by atomic mass is 19.1. The van der Waals surface area contributed by atoms with Crippen molar-refractivity contribution in [3.8, 4) is 0 Å². The zero-order valence-corrected chi connectivity index (χ0v) is 14.5. The molecule has 2 heterocycles. The maximum atomic E-state index is 13.0. The van der Waals surface area contributed by atoms with Crippen molar-refractivity contribution >= 4 is 16.9 Å². The van der Waals surface area contributed by atoms with E-state index in [4.69, 9.17) is 0 Å². The first kappa shape index (κ1) is 17.1. The Labute approximate surface area is 155 Å². The molecule has 0 aliphatic rings. The molecule has 2 aromatic carbocycles. The topological polar surface area (TPSA) is 75.9 Å². The van der Waals surface area contributed by atoms with Crippen LogP contribution in [-0.4, -0.2) is 24.9 Å². The Morgan fingerprint density at radius 3 is 2.59 bits per heavy atom. The van der Waals surface area contributed by atoms with Crippen molar-refractivity contribution in [1.82, 2.24) is 19.7 Å². The number of anilines is 1. The molecule has 0 radical (unpaired) electrons. The summed E-state index contributed by atoms with van der Waals surface area (Å²) < 4.78 is 14.7. The van der Waals surface area contributed by atoms with Gasteiger partial charge in [0.05, 0.1) is 24.2 Å². The normalized spacial score (nSPS) is 12.2. The van der Waals surface area contributed by atoms with Crippen LogP contribution in [0.2, 0.25) is 0 Å². The number of halogens is 1. The molecule has 0 aliphatic carbocycles. The Morgan fingerprint density at radius 1 is 1.04 bits per heavy atom. The number of benzene rings is 2. The van der Waals surface area contributed by atoms with Gasteiger partial charge in [-0.25, -0.2) is 19.0 Å². The first-order chi connectivity index (χ1) is 13.2. The van der Waals surface area contributed by atoms with Crippen molar-refractivity contribution in [2.45, 2.75) is 19.2 Å². The molecule has 1 atom stereocenters. The van der Waals surface area contributed by atoms with Crippen LogP contribution in [0.15, 0.2) is 67.1 Å². The lowest BCUT2D eigenvalue weighted by atomic mass is 10.1. The number of nitrogens with zero attached hydrogens (tertiary/aromatic N) is 4. The monoisotopic (exact) mass is 363 g/mol. The summed E-state index contributed by atoms with van der Waals surface area (Å²) in [4.78, 5) is 8.58. The van der Waals surface area contributed by atoms with Crippen LogP contribution in [0.5, 0.6) is 0 Å². The van der Waals surface area contributed by atoms with Gasteiger partial charge in [-0.2, -0.15) is 5.10 Å². The Bertz CT molecular complexity index is 1030. The first-order valence-electron chi connectivity index (χ1n) is 8.58. The van der Waals surface area contributed by atoms with Gasteiger partial charge in [-0.1, -0.05) is 42.5 Å². The molecule has 0 bridgehead atoms. The van der Waals surface area contributed by atoms with E-state index in [1.54, 1.807) is 23.0 Å². The maximum absolute atomic E-state index is 13.0. The van der Waals surface area contributed by atoms with Crippen molar-refractivity contribution in [3.05, 3.63) is 84.1 Å². The minimum Gasteiger partial charge on any atom is -0.386 e. The van der Waals surface area contributed by atoms with Crippen LogP contribution >= 0.6 is 0 Å². The van der Waals surface area contributed by atoms with Crippen LogP contribution in [0.4, 0.5) is 10.2 Å². The number of hydrogen-bond acceptors (Lipinski definition) is 5. The van der Waals surface area contributed by atoms with E-state index >= 15 is 0 Å². The molecule has 0 fully saturated rings. The van der Waals surface area contributed by atoms with Crippen LogP contribution in [-0.2, 0) is 13.1 Å². The number of rotatable bonds is 6. The molecule has 0 amide bonds.